The van der Waals surface area contributed by atoms with E-state index in [-0.39, 0.29) is 5.54 Å². The van der Waals surface area contributed by atoms with Gasteiger partial charge >= 0.3 is 0 Å². The number of hydrogen-bond acceptors (Lipinski definition) is 0. The average Bonchev–Trinajstić information content (AvgIpc) is 2.45. The second-order valence-corrected chi connectivity index (χ2v) is 9.80. The third kappa shape index (κ3) is 1.95. The molecule has 4 aliphatic carbocycles. The van der Waals surface area contributed by atoms with E-state index in [1.54, 1.807) is 5.57 Å². The maximum atomic E-state index is 7.81. The van der Waals surface area contributed by atoms with E-state index in [4.69, 9.17) is 6.57 Å². The number of hydrogen-bond donors (Lipinski definition) is 0. The van der Waals surface area contributed by atoms with Gasteiger partial charge in [-0.3, -0.25) is 0 Å². The van der Waals surface area contributed by atoms with E-state index >= 15 is 0 Å². The first-order valence-electron chi connectivity index (χ1n) is 9.45. The van der Waals surface area contributed by atoms with Crippen molar-refractivity contribution in [2.75, 3.05) is 0 Å². The van der Waals surface area contributed by atoms with E-state index < -0.39 is 0 Å². The molecular formula is C21H31N. The van der Waals surface area contributed by atoms with Crippen LogP contribution in [-0.4, -0.2) is 5.54 Å². The van der Waals surface area contributed by atoms with Crippen molar-refractivity contribution in [3.05, 3.63) is 23.1 Å². The van der Waals surface area contributed by atoms with E-state index in [0.717, 1.165) is 36.0 Å². The zero-order valence-corrected chi connectivity index (χ0v) is 14.7. The smallest absolute Gasteiger partial charge is 0.233 e. The Morgan fingerprint density at radius 3 is 2.73 bits per heavy atom. The molecule has 0 radical (unpaired) electrons. The van der Waals surface area contributed by atoms with Crippen molar-refractivity contribution in [1.82, 2.24) is 0 Å². The van der Waals surface area contributed by atoms with Crippen LogP contribution in [0.5, 0.6) is 0 Å². The molecule has 0 aromatic heterocycles. The van der Waals surface area contributed by atoms with Crippen LogP contribution in [0.2, 0.25) is 0 Å². The highest BCUT2D eigenvalue weighted by Gasteiger charge is 2.60. The third-order valence-corrected chi connectivity index (χ3v) is 7.86. The Bertz CT molecular complexity index is 551. The maximum absolute atomic E-state index is 7.81. The molecule has 7 atom stereocenters. The highest BCUT2D eigenvalue weighted by molar-refractivity contribution is 5.26. The summed E-state index contributed by atoms with van der Waals surface area (Å²) < 4.78 is 0. The quantitative estimate of drug-likeness (QED) is 0.397. The Morgan fingerprint density at radius 2 is 2.00 bits per heavy atom. The summed E-state index contributed by atoms with van der Waals surface area (Å²) in [5, 5.41) is 0. The van der Waals surface area contributed by atoms with Gasteiger partial charge in [0, 0.05) is 19.3 Å². The fraction of sp³-hybridized carbons (Fsp3) is 0.857. The monoisotopic (exact) mass is 297 g/mol. The summed E-state index contributed by atoms with van der Waals surface area (Å²) in [6.07, 6.45) is 10.5. The third-order valence-electron chi connectivity index (χ3n) is 7.86. The van der Waals surface area contributed by atoms with Crippen LogP contribution in [-0.2, 0) is 0 Å². The van der Waals surface area contributed by atoms with Crippen molar-refractivity contribution in [2.45, 2.75) is 71.8 Å². The van der Waals surface area contributed by atoms with Gasteiger partial charge in [-0.15, -0.1) is 0 Å². The lowest BCUT2D eigenvalue weighted by Gasteiger charge is -2.59. The van der Waals surface area contributed by atoms with E-state index in [0.29, 0.717) is 11.3 Å². The molecule has 0 N–H and O–H groups in total. The molecule has 0 aliphatic heterocycles. The molecular weight excluding hydrogens is 266 g/mol. The van der Waals surface area contributed by atoms with Crippen LogP contribution in [0.25, 0.3) is 4.85 Å². The molecule has 0 spiro atoms. The fourth-order valence-electron chi connectivity index (χ4n) is 7.14. The normalized spacial score (nSPS) is 52.2. The molecule has 3 fully saturated rings. The molecule has 0 aromatic rings. The highest BCUT2D eigenvalue weighted by Crippen LogP contribution is 2.64. The lowest BCUT2D eigenvalue weighted by Crippen LogP contribution is -2.56. The standard InChI is InChI=1S/C21H31N/c1-13-10-15-12-20(2,3)11-14-6-7-17-19(18(14)15)16(13)8-9-21(17,4)22-5/h11,13,15-19H,6-10,12H2,1-4H3/t13-,15-,16+,17-,18-,19+,21-/m1/s1. The zero-order valence-electron chi connectivity index (χ0n) is 14.7. The number of nitrogens with zero attached hydrogens (tertiary/aromatic N) is 1. The Morgan fingerprint density at radius 1 is 1.23 bits per heavy atom. The van der Waals surface area contributed by atoms with Crippen LogP contribution in [0.15, 0.2) is 11.6 Å². The zero-order chi connectivity index (χ0) is 15.7. The summed E-state index contributed by atoms with van der Waals surface area (Å²) in [5.41, 5.74) is 2.11. The minimum atomic E-state index is -0.0682. The first-order chi connectivity index (χ1) is 10.3. The molecule has 4 aliphatic rings. The molecule has 0 saturated heterocycles. The molecule has 3 saturated carbocycles. The van der Waals surface area contributed by atoms with Gasteiger partial charge in [-0.25, -0.2) is 6.57 Å². The Balaban J connectivity index is 1.79. The van der Waals surface area contributed by atoms with Crippen molar-refractivity contribution in [3.8, 4) is 0 Å². The molecule has 4 rings (SSSR count). The van der Waals surface area contributed by atoms with Gasteiger partial charge in [-0.05, 0) is 67.1 Å². The van der Waals surface area contributed by atoms with Crippen LogP contribution in [0.4, 0.5) is 0 Å². The molecule has 22 heavy (non-hydrogen) atoms. The van der Waals surface area contributed by atoms with Crippen LogP contribution in [0.1, 0.15) is 66.2 Å². The highest BCUT2D eigenvalue weighted by atomic mass is 14.8. The average molecular weight is 297 g/mol. The molecule has 0 unspecified atom stereocenters. The molecule has 1 heteroatoms. The predicted molar refractivity (Wildman–Crippen MR) is 91.2 cm³/mol. The molecule has 0 bridgehead atoms. The van der Waals surface area contributed by atoms with Gasteiger partial charge in [0.2, 0.25) is 5.54 Å². The Kier molecular flexibility index (Phi) is 3.11. The van der Waals surface area contributed by atoms with Crippen molar-refractivity contribution in [2.24, 2.45) is 40.9 Å². The summed E-state index contributed by atoms with van der Waals surface area (Å²) in [6.45, 7) is 17.5. The van der Waals surface area contributed by atoms with Gasteiger partial charge in [0.05, 0.1) is 0 Å². The summed E-state index contributed by atoms with van der Waals surface area (Å²) >= 11 is 0. The summed E-state index contributed by atoms with van der Waals surface area (Å²) in [4.78, 5) is 4.17. The first-order valence-corrected chi connectivity index (χ1v) is 9.45. The second-order valence-electron chi connectivity index (χ2n) is 9.80. The first kappa shape index (κ1) is 14.8. The van der Waals surface area contributed by atoms with Gasteiger partial charge in [0.1, 0.15) is 0 Å². The Hall–Kier alpha value is -0.770. The van der Waals surface area contributed by atoms with Crippen LogP contribution >= 0.6 is 0 Å². The minimum absolute atomic E-state index is 0.0682. The maximum Gasteiger partial charge on any atom is 0.233 e. The minimum Gasteiger partial charge on any atom is -0.310 e. The van der Waals surface area contributed by atoms with E-state index in [9.17, 15) is 0 Å². The molecule has 0 aromatic carbocycles. The predicted octanol–water partition coefficient (Wildman–Crippen LogP) is 5.73. The van der Waals surface area contributed by atoms with Crippen molar-refractivity contribution in [3.63, 3.8) is 0 Å². The van der Waals surface area contributed by atoms with Gasteiger partial charge in [-0.1, -0.05) is 32.4 Å². The van der Waals surface area contributed by atoms with Gasteiger partial charge in [0.25, 0.3) is 0 Å². The van der Waals surface area contributed by atoms with Crippen molar-refractivity contribution in [1.29, 1.82) is 0 Å². The topological polar surface area (TPSA) is 4.36 Å². The fourth-order valence-corrected chi connectivity index (χ4v) is 7.14. The summed E-state index contributed by atoms with van der Waals surface area (Å²) in [5.74, 6) is 4.97. The second kappa shape index (κ2) is 4.62. The largest absolute Gasteiger partial charge is 0.310 e. The van der Waals surface area contributed by atoms with Gasteiger partial charge in [-0.2, -0.15) is 0 Å². The van der Waals surface area contributed by atoms with E-state index in [1.807, 2.05) is 0 Å². The lowest BCUT2D eigenvalue weighted by atomic mass is 9.44. The summed E-state index contributed by atoms with van der Waals surface area (Å²) in [7, 11) is 0. The van der Waals surface area contributed by atoms with Crippen molar-refractivity contribution >= 4 is 0 Å². The lowest BCUT2D eigenvalue weighted by molar-refractivity contribution is -0.0624. The molecule has 1 nitrogen and oxygen atoms in total. The van der Waals surface area contributed by atoms with E-state index in [1.165, 1.54) is 32.1 Å². The Labute approximate surface area is 136 Å². The van der Waals surface area contributed by atoms with Gasteiger partial charge < -0.3 is 4.85 Å². The van der Waals surface area contributed by atoms with Crippen molar-refractivity contribution < 1.29 is 0 Å². The van der Waals surface area contributed by atoms with Gasteiger partial charge in [0.15, 0.2) is 0 Å². The molecule has 0 heterocycles. The van der Waals surface area contributed by atoms with Crippen LogP contribution in [0, 0.1) is 47.5 Å². The molecule has 120 valence electrons. The van der Waals surface area contributed by atoms with E-state index in [2.05, 4.69) is 38.6 Å². The molecule has 0 amide bonds. The van der Waals surface area contributed by atoms with Crippen LogP contribution < -0.4 is 0 Å². The SMILES string of the molecule is [C-]#[N+][C@]1(C)CC[C@@H]2[C@@H]3[C@@H]4C(=CC(C)(C)C[C@H]4C[C@H]2C)CC[C@H]31. The van der Waals surface area contributed by atoms with Crippen LogP contribution in [0.3, 0.4) is 0 Å². The summed E-state index contributed by atoms with van der Waals surface area (Å²) in [6, 6.07) is 0. The number of rotatable bonds is 0. The number of allylic oxidation sites excluding steroid dienone is 2.